The van der Waals surface area contributed by atoms with Crippen molar-refractivity contribution in [1.82, 2.24) is 5.32 Å². The fourth-order valence-electron chi connectivity index (χ4n) is 2.33. The average molecular weight is 337 g/mol. The molecule has 3 nitrogen and oxygen atoms in total. The Labute approximate surface area is 145 Å². The van der Waals surface area contributed by atoms with Crippen molar-refractivity contribution in [2.45, 2.75) is 19.6 Å². The molecule has 0 radical (unpaired) electrons. The predicted octanol–water partition coefficient (Wildman–Crippen LogP) is 4.82. The molecule has 4 heteroatoms. The molecular formula is C20H19NO2S. The molecule has 0 unspecified atom stereocenters. The van der Waals surface area contributed by atoms with Crippen molar-refractivity contribution in [2.24, 2.45) is 0 Å². The largest absolute Gasteiger partial charge is 0.489 e. The Bertz CT molecular complexity index is 767. The Kier molecular flexibility index (Phi) is 5.29. The number of hydrogen-bond acceptors (Lipinski definition) is 3. The number of amides is 1. The number of carbonyl (C=O) groups is 1. The van der Waals surface area contributed by atoms with Gasteiger partial charge in [-0.25, -0.2) is 0 Å². The van der Waals surface area contributed by atoms with Crippen molar-refractivity contribution in [1.29, 1.82) is 0 Å². The minimum atomic E-state index is -0.0782. The van der Waals surface area contributed by atoms with Crippen molar-refractivity contribution in [3.8, 4) is 5.75 Å². The zero-order valence-electron chi connectivity index (χ0n) is 13.4. The number of hydrogen-bond donors (Lipinski definition) is 1. The molecule has 0 aliphatic carbocycles. The fraction of sp³-hybridized carbons (Fsp3) is 0.150. The molecule has 1 amide bonds. The maximum Gasteiger partial charge on any atom is 0.251 e. The Morgan fingerprint density at radius 2 is 1.79 bits per heavy atom. The van der Waals surface area contributed by atoms with Crippen LogP contribution in [0.3, 0.4) is 0 Å². The molecular weight excluding hydrogens is 318 g/mol. The Hall–Kier alpha value is -2.59. The van der Waals surface area contributed by atoms with Crippen molar-refractivity contribution in [3.05, 3.63) is 88.1 Å². The quantitative estimate of drug-likeness (QED) is 0.700. The summed E-state index contributed by atoms with van der Waals surface area (Å²) in [7, 11) is 0. The zero-order chi connectivity index (χ0) is 16.8. The second kappa shape index (κ2) is 7.79. The molecule has 1 aromatic heterocycles. The van der Waals surface area contributed by atoms with Crippen LogP contribution in [0.4, 0.5) is 0 Å². The SMILES string of the molecule is C[C@@H](NC(=O)c1ccc(OCc2ccccc2)cc1)c1cccs1. The lowest BCUT2D eigenvalue weighted by Crippen LogP contribution is -2.25. The number of rotatable bonds is 6. The van der Waals surface area contributed by atoms with Crippen LogP contribution in [0.1, 0.15) is 33.8 Å². The fourth-order valence-corrected chi connectivity index (χ4v) is 3.07. The van der Waals surface area contributed by atoms with Gasteiger partial charge in [-0.05, 0) is 48.2 Å². The monoisotopic (exact) mass is 337 g/mol. The first-order valence-corrected chi connectivity index (χ1v) is 8.71. The first-order chi connectivity index (χ1) is 11.7. The minimum Gasteiger partial charge on any atom is -0.489 e. The van der Waals surface area contributed by atoms with E-state index in [1.54, 1.807) is 23.5 Å². The predicted molar refractivity (Wildman–Crippen MR) is 97.4 cm³/mol. The summed E-state index contributed by atoms with van der Waals surface area (Å²) in [6.45, 7) is 2.50. The summed E-state index contributed by atoms with van der Waals surface area (Å²) in [5, 5.41) is 5.02. The maximum absolute atomic E-state index is 12.3. The lowest BCUT2D eigenvalue weighted by atomic mass is 10.2. The van der Waals surface area contributed by atoms with Gasteiger partial charge >= 0.3 is 0 Å². The smallest absolute Gasteiger partial charge is 0.251 e. The Morgan fingerprint density at radius 3 is 2.46 bits per heavy atom. The van der Waals surface area contributed by atoms with Crippen LogP contribution in [0.25, 0.3) is 0 Å². The molecule has 2 aromatic carbocycles. The molecule has 122 valence electrons. The number of benzene rings is 2. The van der Waals surface area contributed by atoms with E-state index in [1.165, 1.54) is 0 Å². The van der Waals surface area contributed by atoms with Crippen LogP contribution in [-0.4, -0.2) is 5.91 Å². The van der Waals surface area contributed by atoms with Crippen molar-refractivity contribution < 1.29 is 9.53 Å². The van der Waals surface area contributed by atoms with Crippen LogP contribution in [0.5, 0.6) is 5.75 Å². The van der Waals surface area contributed by atoms with Crippen LogP contribution in [0.2, 0.25) is 0 Å². The van der Waals surface area contributed by atoms with E-state index in [-0.39, 0.29) is 11.9 Å². The van der Waals surface area contributed by atoms with Crippen LogP contribution in [0, 0.1) is 0 Å². The highest BCUT2D eigenvalue weighted by Crippen LogP contribution is 2.19. The molecule has 3 rings (SSSR count). The van der Waals surface area contributed by atoms with Crippen LogP contribution in [-0.2, 0) is 6.61 Å². The summed E-state index contributed by atoms with van der Waals surface area (Å²) in [4.78, 5) is 13.4. The van der Waals surface area contributed by atoms with Gasteiger partial charge in [-0.1, -0.05) is 36.4 Å². The van der Waals surface area contributed by atoms with E-state index in [9.17, 15) is 4.79 Å². The average Bonchev–Trinajstić information content (AvgIpc) is 3.16. The van der Waals surface area contributed by atoms with Gasteiger partial charge in [-0.3, -0.25) is 4.79 Å². The molecule has 1 atom stereocenters. The molecule has 3 aromatic rings. The summed E-state index contributed by atoms with van der Waals surface area (Å²) >= 11 is 1.64. The highest BCUT2D eigenvalue weighted by Gasteiger charge is 2.12. The highest BCUT2D eigenvalue weighted by atomic mass is 32.1. The van der Waals surface area contributed by atoms with E-state index in [1.807, 2.05) is 66.9 Å². The number of ether oxygens (including phenoxy) is 1. The summed E-state index contributed by atoms with van der Waals surface area (Å²) in [6.07, 6.45) is 0. The summed E-state index contributed by atoms with van der Waals surface area (Å²) in [5.41, 5.74) is 1.74. The second-order valence-electron chi connectivity index (χ2n) is 5.51. The van der Waals surface area contributed by atoms with E-state index in [0.717, 1.165) is 16.2 Å². The first kappa shape index (κ1) is 16.3. The number of nitrogens with one attached hydrogen (secondary N) is 1. The second-order valence-corrected chi connectivity index (χ2v) is 6.49. The van der Waals surface area contributed by atoms with Gasteiger partial charge in [0.1, 0.15) is 12.4 Å². The molecule has 24 heavy (non-hydrogen) atoms. The number of carbonyl (C=O) groups excluding carboxylic acids is 1. The normalized spacial score (nSPS) is 11.7. The minimum absolute atomic E-state index is 0.00603. The van der Waals surface area contributed by atoms with Crippen molar-refractivity contribution >= 4 is 17.2 Å². The summed E-state index contributed by atoms with van der Waals surface area (Å²) in [5.74, 6) is 0.673. The van der Waals surface area contributed by atoms with Gasteiger partial charge in [0, 0.05) is 10.4 Å². The lowest BCUT2D eigenvalue weighted by molar-refractivity contribution is 0.0940. The highest BCUT2D eigenvalue weighted by molar-refractivity contribution is 7.10. The molecule has 0 aliphatic heterocycles. The molecule has 1 heterocycles. The third-order valence-electron chi connectivity index (χ3n) is 3.68. The van der Waals surface area contributed by atoms with E-state index in [0.29, 0.717) is 12.2 Å². The van der Waals surface area contributed by atoms with E-state index in [4.69, 9.17) is 4.74 Å². The van der Waals surface area contributed by atoms with Gasteiger partial charge in [0.25, 0.3) is 5.91 Å². The molecule has 0 aliphatic rings. The van der Waals surface area contributed by atoms with Gasteiger partial charge in [0.15, 0.2) is 0 Å². The van der Waals surface area contributed by atoms with Gasteiger partial charge in [-0.15, -0.1) is 11.3 Å². The maximum atomic E-state index is 12.3. The molecule has 1 N–H and O–H groups in total. The van der Waals surface area contributed by atoms with Crippen LogP contribution >= 0.6 is 11.3 Å². The Morgan fingerprint density at radius 1 is 1.04 bits per heavy atom. The molecule has 0 bridgehead atoms. The van der Waals surface area contributed by atoms with Gasteiger partial charge in [0.2, 0.25) is 0 Å². The van der Waals surface area contributed by atoms with E-state index < -0.39 is 0 Å². The zero-order valence-corrected chi connectivity index (χ0v) is 14.3. The van der Waals surface area contributed by atoms with Crippen molar-refractivity contribution in [2.75, 3.05) is 0 Å². The molecule has 0 spiro atoms. The van der Waals surface area contributed by atoms with Gasteiger partial charge < -0.3 is 10.1 Å². The molecule has 0 saturated heterocycles. The van der Waals surface area contributed by atoms with Gasteiger partial charge in [0.05, 0.1) is 6.04 Å². The van der Waals surface area contributed by atoms with E-state index in [2.05, 4.69) is 5.32 Å². The van der Waals surface area contributed by atoms with E-state index >= 15 is 0 Å². The van der Waals surface area contributed by atoms with Crippen LogP contribution < -0.4 is 10.1 Å². The molecule has 0 fully saturated rings. The Balaban J connectivity index is 1.56. The lowest BCUT2D eigenvalue weighted by Gasteiger charge is -2.12. The third-order valence-corrected chi connectivity index (χ3v) is 4.74. The number of thiophene rings is 1. The van der Waals surface area contributed by atoms with Crippen LogP contribution in [0.15, 0.2) is 72.1 Å². The standard InChI is InChI=1S/C20H19NO2S/c1-15(19-8-5-13-24-19)21-20(22)17-9-11-18(12-10-17)23-14-16-6-3-2-4-7-16/h2-13,15H,14H2,1H3,(H,21,22)/t15-/m1/s1. The topological polar surface area (TPSA) is 38.3 Å². The first-order valence-electron chi connectivity index (χ1n) is 7.83. The van der Waals surface area contributed by atoms with Gasteiger partial charge in [-0.2, -0.15) is 0 Å². The summed E-state index contributed by atoms with van der Waals surface area (Å²) < 4.78 is 5.74. The summed E-state index contributed by atoms with van der Waals surface area (Å²) in [6, 6.07) is 21.2. The third kappa shape index (κ3) is 4.24. The molecule has 0 saturated carbocycles. The van der Waals surface area contributed by atoms with Crippen molar-refractivity contribution in [3.63, 3.8) is 0 Å².